The summed E-state index contributed by atoms with van der Waals surface area (Å²) < 4.78 is 13.1. The summed E-state index contributed by atoms with van der Waals surface area (Å²) in [5.41, 5.74) is 2.48. The molecule has 0 unspecified atom stereocenters. The number of pyridine rings is 1. The van der Waals surface area contributed by atoms with E-state index in [1.165, 1.54) is 0 Å². The molecule has 1 aliphatic heterocycles. The van der Waals surface area contributed by atoms with Crippen LogP contribution in [0.1, 0.15) is 25.0 Å². The number of hydrogen-bond acceptors (Lipinski definition) is 7. The number of carbonyl (C=O) groups is 1. The summed E-state index contributed by atoms with van der Waals surface area (Å²) in [6, 6.07) is 13.0. The Morgan fingerprint density at radius 1 is 1.24 bits per heavy atom. The third-order valence-corrected chi connectivity index (χ3v) is 5.81. The molecule has 0 aliphatic carbocycles. The number of carbonyl (C=O) groups excluding carboxylic acids is 1. The smallest absolute Gasteiger partial charge is 0.226 e. The predicted molar refractivity (Wildman–Crippen MR) is 121 cm³/mol. The second kappa shape index (κ2) is 11.0. The lowest BCUT2D eigenvalue weighted by molar-refractivity contribution is -0.128. The molecule has 0 bridgehead atoms. The highest BCUT2D eigenvalue weighted by atomic mass is 16.5. The van der Waals surface area contributed by atoms with Crippen LogP contribution in [0, 0.1) is 0 Å². The van der Waals surface area contributed by atoms with E-state index in [1.54, 1.807) is 18.0 Å². The third-order valence-electron chi connectivity index (χ3n) is 5.81. The summed E-state index contributed by atoms with van der Waals surface area (Å²) in [4.78, 5) is 16.6. The topological polar surface area (TPSA) is 111 Å². The first-order chi connectivity index (χ1) is 16.1. The number of aromatic nitrogens is 4. The summed E-state index contributed by atoms with van der Waals surface area (Å²) in [5.74, 6) is 0.679. The van der Waals surface area contributed by atoms with Crippen LogP contribution in [0.2, 0.25) is 0 Å². The first kappa shape index (κ1) is 22.9. The minimum absolute atomic E-state index is 0.0141. The number of ether oxygens (including phenoxy) is 2. The number of benzene rings is 1. The fourth-order valence-electron chi connectivity index (χ4n) is 4.01. The minimum Gasteiger partial charge on any atom is -0.497 e. The van der Waals surface area contributed by atoms with E-state index in [1.807, 2.05) is 48.7 Å². The molecule has 4 rings (SSSR count). The lowest BCUT2D eigenvalue weighted by atomic mass is 9.97. The van der Waals surface area contributed by atoms with Gasteiger partial charge in [0, 0.05) is 24.0 Å². The van der Waals surface area contributed by atoms with Crippen molar-refractivity contribution in [1.29, 1.82) is 0 Å². The summed E-state index contributed by atoms with van der Waals surface area (Å²) in [5, 5.41) is 21.3. The van der Waals surface area contributed by atoms with Crippen LogP contribution >= 0.6 is 0 Å². The number of aryl methyl sites for hydroxylation is 1. The standard InChI is InChI=1S/C24H29N5O4/c1-32-19-7-5-17(6-8-19)22-15-29(28-27-22)13-11-20-9-10-21(23(16-30)33-20)26-24(31)14-18-4-2-3-12-25-18/h2-8,12,15,20-21,23,30H,9-11,13-14,16H2,1H3,(H,26,31)/t20-,21+,23-/m0/s1. The van der Waals surface area contributed by atoms with Crippen molar-refractivity contribution < 1.29 is 19.4 Å². The number of nitrogens with zero attached hydrogens (tertiary/aromatic N) is 4. The Bertz CT molecular complexity index is 1020. The highest BCUT2D eigenvalue weighted by molar-refractivity contribution is 5.78. The molecule has 0 saturated carbocycles. The van der Waals surface area contributed by atoms with E-state index in [0.29, 0.717) is 12.2 Å². The zero-order chi connectivity index (χ0) is 23.0. The second-order valence-corrected chi connectivity index (χ2v) is 8.11. The fourth-order valence-corrected chi connectivity index (χ4v) is 4.01. The van der Waals surface area contributed by atoms with Crippen molar-refractivity contribution in [2.45, 2.75) is 50.5 Å². The average Bonchev–Trinajstić information content (AvgIpc) is 3.33. The number of amides is 1. The highest BCUT2D eigenvalue weighted by Gasteiger charge is 2.31. The Morgan fingerprint density at radius 2 is 2.09 bits per heavy atom. The van der Waals surface area contributed by atoms with E-state index in [2.05, 4.69) is 20.6 Å². The second-order valence-electron chi connectivity index (χ2n) is 8.11. The lowest BCUT2D eigenvalue weighted by Gasteiger charge is -2.36. The van der Waals surface area contributed by atoms with Gasteiger partial charge in [-0.15, -0.1) is 5.10 Å². The van der Waals surface area contributed by atoms with E-state index in [9.17, 15) is 9.90 Å². The monoisotopic (exact) mass is 451 g/mol. The Hall–Kier alpha value is -3.30. The molecule has 1 aromatic carbocycles. The van der Waals surface area contributed by atoms with Gasteiger partial charge >= 0.3 is 0 Å². The fraction of sp³-hybridized carbons (Fsp3) is 0.417. The van der Waals surface area contributed by atoms with E-state index in [0.717, 1.165) is 36.3 Å². The van der Waals surface area contributed by atoms with Crippen molar-refractivity contribution in [2.24, 2.45) is 0 Å². The first-order valence-electron chi connectivity index (χ1n) is 11.1. The van der Waals surface area contributed by atoms with Crippen molar-refractivity contribution in [2.75, 3.05) is 13.7 Å². The lowest BCUT2D eigenvalue weighted by Crippen LogP contribution is -2.51. The molecule has 0 spiro atoms. The van der Waals surface area contributed by atoms with Gasteiger partial charge in [-0.25, -0.2) is 0 Å². The highest BCUT2D eigenvalue weighted by Crippen LogP contribution is 2.23. The maximum Gasteiger partial charge on any atom is 0.226 e. The maximum absolute atomic E-state index is 12.4. The van der Waals surface area contributed by atoms with Crippen LogP contribution in [0.25, 0.3) is 11.3 Å². The first-order valence-corrected chi connectivity index (χ1v) is 11.1. The molecule has 2 N–H and O–H groups in total. The Morgan fingerprint density at radius 3 is 2.82 bits per heavy atom. The van der Waals surface area contributed by atoms with Crippen molar-refractivity contribution in [1.82, 2.24) is 25.3 Å². The number of methoxy groups -OCH3 is 1. The Balaban J connectivity index is 1.26. The molecule has 1 amide bonds. The van der Waals surface area contributed by atoms with Gasteiger partial charge in [0.1, 0.15) is 17.5 Å². The van der Waals surface area contributed by atoms with Crippen LogP contribution in [-0.4, -0.2) is 63.0 Å². The van der Waals surface area contributed by atoms with Gasteiger partial charge in [-0.05, 0) is 55.7 Å². The molecule has 3 aromatic rings. The van der Waals surface area contributed by atoms with E-state index in [-0.39, 0.29) is 31.1 Å². The molecule has 9 heteroatoms. The quantitative estimate of drug-likeness (QED) is 0.512. The van der Waals surface area contributed by atoms with Gasteiger partial charge in [0.25, 0.3) is 0 Å². The van der Waals surface area contributed by atoms with Crippen LogP contribution < -0.4 is 10.1 Å². The van der Waals surface area contributed by atoms with E-state index < -0.39 is 6.10 Å². The SMILES string of the molecule is COc1ccc(-c2cn(CC[C@@H]3CC[C@@H](NC(=O)Cc4ccccn4)[C@H](CO)O3)nn2)cc1. The zero-order valence-corrected chi connectivity index (χ0v) is 18.6. The van der Waals surface area contributed by atoms with E-state index >= 15 is 0 Å². The van der Waals surface area contributed by atoms with Gasteiger partial charge in [-0.2, -0.15) is 0 Å². The molecule has 3 atom stereocenters. The van der Waals surface area contributed by atoms with Gasteiger partial charge in [0.05, 0.1) is 38.5 Å². The van der Waals surface area contributed by atoms with Gasteiger partial charge in [0.2, 0.25) is 5.91 Å². The number of rotatable bonds is 9. The van der Waals surface area contributed by atoms with Gasteiger partial charge < -0.3 is 19.9 Å². The number of aliphatic hydroxyl groups is 1. The summed E-state index contributed by atoms with van der Waals surface area (Å²) in [7, 11) is 1.64. The minimum atomic E-state index is -0.429. The predicted octanol–water partition coefficient (Wildman–Crippen LogP) is 2.01. The summed E-state index contributed by atoms with van der Waals surface area (Å²) in [6.07, 6.45) is 5.64. The maximum atomic E-state index is 12.4. The molecular formula is C24H29N5O4. The van der Waals surface area contributed by atoms with Crippen LogP contribution in [0.3, 0.4) is 0 Å². The van der Waals surface area contributed by atoms with Crippen molar-refractivity contribution in [3.8, 4) is 17.0 Å². The average molecular weight is 452 g/mol. The Labute approximate surface area is 192 Å². The molecule has 1 saturated heterocycles. The zero-order valence-electron chi connectivity index (χ0n) is 18.6. The molecular weight excluding hydrogens is 422 g/mol. The number of nitrogens with one attached hydrogen (secondary N) is 1. The molecule has 1 aliphatic rings. The van der Waals surface area contributed by atoms with Gasteiger partial charge in [-0.1, -0.05) is 11.3 Å². The number of aliphatic hydroxyl groups excluding tert-OH is 1. The van der Waals surface area contributed by atoms with Crippen LogP contribution in [0.4, 0.5) is 0 Å². The van der Waals surface area contributed by atoms with Crippen LogP contribution in [-0.2, 0) is 22.5 Å². The summed E-state index contributed by atoms with van der Waals surface area (Å²) in [6.45, 7) is 0.513. The van der Waals surface area contributed by atoms with Crippen LogP contribution in [0.15, 0.2) is 54.9 Å². The van der Waals surface area contributed by atoms with Gasteiger partial charge in [0.15, 0.2) is 0 Å². The number of hydrogen-bond donors (Lipinski definition) is 2. The van der Waals surface area contributed by atoms with E-state index in [4.69, 9.17) is 9.47 Å². The van der Waals surface area contributed by atoms with Crippen molar-refractivity contribution in [3.05, 3.63) is 60.6 Å². The molecule has 33 heavy (non-hydrogen) atoms. The summed E-state index contributed by atoms with van der Waals surface area (Å²) >= 11 is 0. The largest absolute Gasteiger partial charge is 0.497 e. The van der Waals surface area contributed by atoms with Gasteiger partial charge in [-0.3, -0.25) is 14.5 Å². The molecule has 1 fully saturated rings. The normalized spacial score (nSPS) is 20.4. The molecule has 2 aromatic heterocycles. The van der Waals surface area contributed by atoms with Crippen molar-refractivity contribution in [3.63, 3.8) is 0 Å². The Kier molecular flexibility index (Phi) is 7.64. The van der Waals surface area contributed by atoms with Crippen LogP contribution in [0.5, 0.6) is 5.75 Å². The third kappa shape index (κ3) is 6.15. The molecule has 0 radical (unpaired) electrons. The van der Waals surface area contributed by atoms with Crippen molar-refractivity contribution >= 4 is 5.91 Å². The molecule has 9 nitrogen and oxygen atoms in total. The molecule has 3 heterocycles. The molecule has 174 valence electrons.